The summed E-state index contributed by atoms with van der Waals surface area (Å²) in [6.45, 7) is 2.56. The van der Waals surface area contributed by atoms with Crippen molar-refractivity contribution in [3.05, 3.63) is 28.7 Å². The highest BCUT2D eigenvalue weighted by Crippen LogP contribution is 2.16. The Kier molecular flexibility index (Phi) is 6.33. The Morgan fingerprint density at radius 3 is 2.85 bits per heavy atom. The number of benzene rings is 1. The van der Waals surface area contributed by atoms with Gasteiger partial charge in [0.2, 0.25) is 5.91 Å². The maximum Gasteiger partial charge on any atom is 0.220 e. The lowest BCUT2D eigenvalue weighted by molar-refractivity contribution is -0.121. The largest absolute Gasteiger partial charge is 0.494 e. The van der Waals surface area contributed by atoms with Crippen molar-refractivity contribution in [1.82, 2.24) is 10.6 Å². The Bertz CT molecular complexity index is 416. The Morgan fingerprint density at radius 1 is 1.35 bits per heavy atom. The lowest BCUT2D eigenvalue weighted by Gasteiger charge is -2.11. The minimum absolute atomic E-state index is 0.155. The Labute approximate surface area is 128 Å². The summed E-state index contributed by atoms with van der Waals surface area (Å²) < 4.78 is 6.66. The molecule has 110 valence electrons. The van der Waals surface area contributed by atoms with Crippen LogP contribution >= 0.6 is 15.9 Å². The average Bonchev–Trinajstić information content (AvgIpc) is 2.93. The van der Waals surface area contributed by atoms with Crippen LogP contribution in [0.2, 0.25) is 0 Å². The van der Waals surface area contributed by atoms with Gasteiger partial charge in [-0.05, 0) is 50.1 Å². The summed E-state index contributed by atoms with van der Waals surface area (Å²) in [5, 5.41) is 6.28. The fraction of sp³-hybridized carbons (Fsp3) is 0.533. The number of nitrogens with one attached hydrogen (secondary N) is 2. The first-order chi connectivity index (χ1) is 9.74. The van der Waals surface area contributed by atoms with Gasteiger partial charge in [-0.15, -0.1) is 0 Å². The number of rotatable bonds is 7. The number of amides is 1. The van der Waals surface area contributed by atoms with E-state index >= 15 is 0 Å². The van der Waals surface area contributed by atoms with Gasteiger partial charge in [0, 0.05) is 23.5 Å². The second kappa shape index (κ2) is 8.27. The molecule has 0 bridgehead atoms. The van der Waals surface area contributed by atoms with E-state index in [1.807, 2.05) is 24.3 Å². The minimum Gasteiger partial charge on any atom is -0.494 e. The zero-order chi connectivity index (χ0) is 14.2. The highest BCUT2D eigenvalue weighted by molar-refractivity contribution is 9.10. The maximum absolute atomic E-state index is 11.7. The summed E-state index contributed by atoms with van der Waals surface area (Å²) in [5.41, 5.74) is 0. The lowest BCUT2D eigenvalue weighted by atomic mass is 10.2. The number of unbranched alkanes of at least 4 members (excludes halogenated alkanes) is 1. The molecule has 1 atom stereocenters. The number of carbonyl (C=O) groups is 1. The van der Waals surface area contributed by atoms with Gasteiger partial charge in [-0.3, -0.25) is 4.79 Å². The highest BCUT2D eigenvalue weighted by Gasteiger charge is 2.15. The van der Waals surface area contributed by atoms with Gasteiger partial charge >= 0.3 is 0 Å². The van der Waals surface area contributed by atoms with Crippen LogP contribution in [0.5, 0.6) is 5.75 Å². The second-order valence-corrected chi connectivity index (χ2v) is 5.93. The van der Waals surface area contributed by atoms with Crippen molar-refractivity contribution < 1.29 is 9.53 Å². The molecule has 0 aromatic heterocycles. The van der Waals surface area contributed by atoms with Crippen molar-refractivity contribution in [3.8, 4) is 5.75 Å². The van der Waals surface area contributed by atoms with Gasteiger partial charge in [0.25, 0.3) is 0 Å². The quantitative estimate of drug-likeness (QED) is 0.749. The van der Waals surface area contributed by atoms with E-state index < -0.39 is 0 Å². The van der Waals surface area contributed by atoms with Gasteiger partial charge in [0.15, 0.2) is 0 Å². The molecular formula is C15H21BrN2O2. The van der Waals surface area contributed by atoms with E-state index in [-0.39, 0.29) is 5.91 Å². The van der Waals surface area contributed by atoms with Crippen LogP contribution in [0.15, 0.2) is 28.7 Å². The van der Waals surface area contributed by atoms with Crippen LogP contribution in [0.25, 0.3) is 0 Å². The molecule has 5 heteroatoms. The standard InChI is InChI=1S/C15H21BrN2O2/c16-12-4-6-14(7-5-12)20-10-2-1-3-15(19)18-13-8-9-17-11-13/h4-7,13,17H,1-3,8-11H2,(H,18,19). The third-order valence-electron chi connectivity index (χ3n) is 3.31. The van der Waals surface area contributed by atoms with E-state index in [2.05, 4.69) is 26.6 Å². The smallest absolute Gasteiger partial charge is 0.220 e. The molecule has 0 spiro atoms. The molecule has 20 heavy (non-hydrogen) atoms. The van der Waals surface area contributed by atoms with E-state index in [1.165, 1.54) is 0 Å². The van der Waals surface area contributed by atoms with Gasteiger partial charge < -0.3 is 15.4 Å². The Morgan fingerprint density at radius 2 is 2.15 bits per heavy atom. The van der Waals surface area contributed by atoms with Crippen LogP contribution in [-0.2, 0) is 4.79 Å². The summed E-state index contributed by atoms with van der Waals surface area (Å²) in [7, 11) is 0. The number of hydrogen-bond donors (Lipinski definition) is 2. The van der Waals surface area contributed by atoms with E-state index in [4.69, 9.17) is 4.74 Å². The van der Waals surface area contributed by atoms with Crippen molar-refractivity contribution in [2.24, 2.45) is 0 Å². The minimum atomic E-state index is 0.155. The molecule has 1 unspecified atom stereocenters. The van der Waals surface area contributed by atoms with Gasteiger partial charge in [-0.25, -0.2) is 0 Å². The van der Waals surface area contributed by atoms with E-state index in [1.54, 1.807) is 0 Å². The number of hydrogen-bond acceptors (Lipinski definition) is 3. The summed E-state index contributed by atoms with van der Waals surface area (Å²) in [6.07, 6.45) is 3.38. The van der Waals surface area contributed by atoms with Crippen LogP contribution in [0, 0.1) is 0 Å². The van der Waals surface area contributed by atoms with Gasteiger partial charge in [0.05, 0.1) is 6.61 Å². The molecule has 4 nitrogen and oxygen atoms in total. The first-order valence-electron chi connectivity index (χ1n) is 7.12. The second-order valence-electron chi connectivity index (χ2n) is 5.02. The number of ether oxygens (including phenoxy) is 1. The first-order valence-corrected chi connectivity index (χ1v) is 7.92. The monoisotopic (exact) mass is 340 g/mol. The molecule has 1 fully saturated rings. The highest BCUT2D eigenvalue weighted by atomic mass is 79.9. The van der Waals surface area contributed by atoms with E-state index in [9.17, 15) is 4.79 Å². The van der Waals surface area contributed by atoms with Crippen LogP contribution in [-0.4, -0.2) is 31.6 Å². The van der Waals surface area contributed by atoms with Gasteiger partial charge in [0.1, 0.15) is 5.75 Å². The van der Waals surface area contributed by atoms with Crippen molar-refractivity contribution >= 4 is 21.8 Å². The van der Waals surface area contributed by atoms with Crippen LogP contribution in [0.3, 0.4) is 0 Å². The fourth-order valence-corrected chi connectivity index (χ4v) is 2.45. The van der Waals surface area contributed by atoms with Crippen LogP contribution in [0.4, 0.5) is 0 Å². The fourth-order valence-electron chi connectivity index (χ4n) is 2.19. The Hall–Kier alpha value is -1.07. The molecule has 0 saturated carbocycles. The maximum atomic E-state index is 11.7. The SMILES string of the molecule is O=C(CCCCOc1ccc(Br)cc1)NC1CCNC1. The molecule has 1 saturated heterocycles. The third-order valence-corrected chi connectivity index (χ3v) is 3.83. The first kappa shape index (κ1) is 15.3. The zero-order valence-electron chi connectivity index (χ0n) is 11.5. The molecule has 1 amide bonds. The average molecular weight is 341 g/mol. The predicted octanol–water partition coefficient (Wildman–Crippen LogP) is 2.48. The van der Waals surface area contributed by atoms with Crippen LogP contribution < -0.4 is 15.4 Å². The lowest BCUT2D eigenvalue weighted by Crippen LogP contribution is -2.36. The molecule has 2 N–H and O–H groups in total. The van der Waals surface area contributed by atoms with Crippen molar-refractivity contribution in [2.75, 3.05) is 19.7 Å². The molecule has 1 aromatic carbocycles. The van der Waals surface area contributed by atoms with Crippen LogP contribution in [0.1, 0.15) is 25.7 Å². The number of carbonyl (C=O) groups excluding carboxylic acids is 1. The molecule has 0 radical (unpaired) electrons. The zero-order valence-corrected chi connectivity index (χ0v) is 13.1. The van der Waals surface area contributed by atoms with E-state index in [0.29, 0.717) is 19.1 Å². The topological polar surface area (TPSA) is 50.4 Å². The summed E-state index contributed by atoms with van der Waals surface area (Å²) in [4.78, 5) is 11.7. The molecule has 1 heterocycles. The molecule has 0 aliphatic carbocycles. The summed E-state index contributed by atoms with van der Waals surface area (Å²) >= 11 is 3.39. The predicted molar refractivity (Wildman–Crippen MR) is 82.9 cm³/mol. The van der Waals surface area contributed by atoms with E-state index in [0.717, 1.165) is 42.6 Å². The molecule has 1 aliphatic rings. The van der Waals surface area contributed by atoms with Crippen molar-refractivity contribution in [3.63, 3.8) is 0 Å². The van der Waals surface area contributed by atoms with Crippen molar-refractivity contribution in [2.45, 2.75) is 31.7 Å². The summed E-state index contributed by atoms with van der Waals surface area (Å²) in [6, 6.07) is 8.10. The molecule has 2 rings (SSSR count). The van der Waals surface area contributed by atoms with Crippen molar-refractivity contribution in [1.29, 1.82) is 0 Å². The Balaban J connectivity index is 1.52. The van der Waals surface area contributed by atoms with Gasteiger partial charge in [-0.2, -0.15) is 0 Å². The molecule has 1 aliphatic heterocycles. The molecular weight excluding hydrogens is 320 g/mol. The molecule has 1 aromatic rings. The normalized spacial score (nSPS) is 17.9. The van der Waals surface area contributed by atoms with Gasteiger partial charge in [-0.1, -0.05) is 15.9 Å². The summed E-state index contributed by atoms with van der Waals surface area (Å²) in [5.74, 6) is 1.03. The number of halogens is 1. The third kappa shape index (κ3) is 5.51.